The second-order valence-electron chi connectivity index (χ2n) is 11.4. The van der Waals surface area contributed by atoms with Gasteiger partial charge in [-0.2, -0.15) is 0 Å². The maximum Gasteiger partial charge on any atom is 0.330 e. The molecule has 0 aliphatic carbocycles. The summed E-state index contributed by atoms with van der Waals surface area (Å²) in [5.41, 5.74) is 0.835. The first-order valence-electron chi connectivity index (χ1n) is 16.8. The highest BCUT2D eigenvalue weighted by molar-refractivity contribution is 5.87. The van der Waals surface area contributed by atoms with Gasteiger partial charge in [0.25, 0.3) is 0 Å². The summed E-state index contributed by atoms with van der Waals surface area (Å²) in [5, 5.41) is 9.19. The van der Waals surface area contributed by atoms with Crippen LogP contribution in [0.1, 0.15) is 148 Å². The Morgan fingerprint density at radius 1 is 0.707 bits per heavy atom. The van der Waals surface area contributed by atoms with Gasteiger partial charge in [-0.25, -0.2) is 4.79 Å². The molecule has 41 heavy (non-hydrogen) atoms. The number of aliphatic hydroxyl groups excluding tert-OH is 1. The van der Waals surface area contributed by atoms with Crippen LogP contribution in [0.4, 0.5) is 0 Å². The van der Waals surface area contributed by atoms with Crippen LogP contribution in [0.3, 0.4) is 0 Å². The van der Waals surface area contributed by atoms with Gasteiger partial charge in [-0.05, 0) is 43.5 Å². The number of carbonyl (C=O) groups excluding carboxylic acids is 1. The first-order valence-corrected chi connectivity index (χ1v) is 16.8. The van der Waals surface area contributed by atoms with Crippen LogP contribution in [0.25, 0.3) is 6.08 Å². The van der Waals surface area contributed by atoms with Crippen molar-refractivity contribution in [3.8, 4) is 11.5 Å². The van der Waals surface area contributed by atoms with Gasteiger partial charge in [0.05, 0.1) is 19.3 Å². The Labute approximate surface area is 252 Å². The van der Waals surface area contributed by atoms with Crippen LogP contribution in [-0.4, -0.2) is 37.0 Å². The van der Waals surface area contributed by atoms with Crippen molar-refractivity contribution in [3.63, 3.8) is 0 Å². The Kier molecular flexibility index (Phi) is 24.3. The Balaban J connectivity index is 2.45. The number of hydrogen-bond acceptors (Lipinski definition) is 5. The zero-order chi connectivity index (χ0) is 29.8. The maximum absolute atomic E-state index is 11.9. The molecule has 235 valence electrons. The standard InChI is InChI=1S/C36H61O5/c1-4-6-8-10-12-14-16-18-20-22-28-39-34-26-24-33(25-27-36(38)41-31-32(3)37)30-35(34)40-29-23-21-19-17-15-13-11-9-7-5-2/h24-27,30,32,37H,3-23,28-29,31H2,1-2H3. The van der Waals surface area contributed by atoms with Gasteiger partial charge in [-0.1, -0.05) is 135 Å². The molecule has 0 aliphatic rings. The molecule has 1 N–H and O–H groups in total. The SMILES string of the molecule is [CH2]C(O)COC(=O)C=Cc1ccc(OCCCCCCCCCCCC)c(OCCCCCCCCCCCC)c1. The number of hydrogen-bond donors (Lipinski definition) is 1. The van der Waals surface area contributed by atoms with Crippen molar-refractivity contribution in [3.05, 3.63) is 36.8 Å². The molecule has 5 nitrogen and oxygen atoms in total. The summed E-state index contributed by atoms with van der Waals surface area (Å²) >= 11 is 0. The third-order valence-electron chi connectivity index (χ3n) is 7.31. The van der Waals surface area contributed by atoms with E-state index in [9.17, 15) is 9.90 Å². The lowest BCUT2D eigenvalue weighted by Gasteiger charge is -2.14. The highest BCUT2D eigenvalue weighted by Crippen LogP contribution is 2.30. The zero-order valence-electron chi connectivity index (χ0n) is 26.5. The fraction of sp³-hybridized carbons (Fsp3) is 0.722. The van der Waals surface area contributed by atoms with Crippen molar-refractivity contribution in [2.45, 2.75) is 148 Å². The molecule has 0 saturated carbocycles. The first kappa shape index (κ1) is 37.0. The van der Waals surface area contributed by atoms with Crippen LogP contribution in [0, 0.1) is 6.92 Å². The van der Waals surface area contributed by atoms with E-state index in [2.05, 4.69) is 20.8 Å². The lowest BCUT2D eigenvalue weighted by atomic mass is 10.1. The van der Waals surface area contributed by atoms with Crippen LogP contribution in [0.15, 0.2) is 24.3 Å². The summed E-state index contributed by atoms with van der Waals surface area (Å²) in [7, 11) is 0. The lowest BCUT2D eigenvalue weighted by Crippen LogP contribution is -2.13. The quantitative estimate of drug-likeness (QED) is 0.0614. The van der Waals surface area contributed by atoms with E-state index in [1.54, 1.807) is 6.08 Å². The van der Waals surface area contributed by atoms with E-state index in [0.29, 0.717) is 13.2 Å². The van der Waals surface area contributed by atoms with Gasteiger partial charge < -0.3 is 19.3 Å². The zero-order valence-corrected chi connectivity index (χ0v) is 26.5. The van der Waals surface area contributed by atoms with Gasteiger partial charge in [0.2, 0.25) is 0 Å². The smallest absolute Gasteiger partial charge is 0.330 e. The largest absolute Gasteiger partial charge is 0.490 e. The topological polar surface area (TPSA) is 65.0 Å². The van der Waals surface area contributed by atoms with Gasteiger partial charge in [0.1, 0.15) is 6.61 Å². The number of aliphatic hydroxyl groups is 1. The normalized spacial score (nSPS) is 12.1. The summed E-state index contributed by atoms with van der Waals surface area (Å²) in [6.45, 7) is 9.14. The van der Waals surface area contributed by atoms with Crippen LogP contribution in [0.2, 0.25) is 0 Å². The van der Waals surface area contributed by atoms with Gasteiger partial charge in [0, 0.05) is 6.08 Å². The molecule has 0 aliphatic heterocycles. The van der Waals surface area contributed by atoms with Crippen molar-refractivity contribution >= 4 is 12.0 Å². The second-order valence-corrected chi connectivity index (χ2v) is 11.4. The fourth-order valence-corrected chi connectivity index (χ4v) is 4.79. The number of esters is 1. The molecule has 1 unspecified atom stereocenters. The van der Waals surface area contributed by atoms with Gasteiger partial charge in [-0.15, -0.1) is 0 Å². The summed E-state index contributed by atoms with van der Waals surface area (Å²) in [5.74, 6) is 0.964. The van der Waals surface area contributed by atoms with Crippen molar-refractivity contribution < 1.29 is 24.1 Å². The molecule has 0 spiro atoms. The van der Waals surface area contributed by atoms with Crippen molar-refractivity contribution in [2.24, 2.45) is 0 Å². The highest BCUT2D eigenvalue weighted by Gasteiger charge is 2.08. The minimum absolute atomic E-state index is 0.123. The first-order chi connectivity index (χ1) is 20.1. The molecular formula is C36H61O5. The number of unbranched alkanes of at least 4 members (excludes halogenated alkanes) is 18. The number of ether oxygens (including phenoxy) is 3. The summed E-state index contributed by atoms with van der Waals surface area (Å²) in [4.78, 5) is 11.9. The minimum Gasteiger partial charge on any atom is -0.490 e. The maximum atomic E-state index is 11.9. The predicted molar refractivity (Wildman–Crippen MR) is 172 cm³/mol. The second kappa shape index (κ2) is 26.9. The minimum atomic E-state index is -0.926. The predicted octanol–water partition coefficient (Wildman–Crippen LogP) is 10.0. The molecule has 1 atom stereocenters. The van der Waals surface area contributed by atoms with Gasteiger partial charge >= 0.3 is 5.97 Å². The van der Waals surface area contributed by atoms with Crippen LogP contribution < -0.4 is 9.47 Å². The van der Waals surface area contributed by atoms with E-state index >= 15 is 0 Å². The number of benzene rings is 1. The molecule has 0 fully saturated rings. The highest BCUT2D eigenvalue weighted by atomic mass is 16.5. The van der Waals surface area contributed by atoms with E-state index in [1.807, 2.05) is 18.2 Å². The Morgan fingerprint density at radius 3 is 1.61 bits per heavy atom. The number of rotatable bonds is 28. The van der Waals surface area contributed by atoms with E-state index in [0.717, 1.165) is 29.9 Å². The third kappa shape index (κ3) is 22.3. The molecule has 0 bridgehead atoms. The third-order valence-corrected chi connectivity index (χ3v) is 7.31. The molecule has 0 aromatic heterocycles. The molecule has 1 aromatic rings. The van der Waals surface area contributed by atoms with E-state index < -0.39 is 12.1 Å². The fourth-order valence-electron chi connectivity index (χ4n) is 4.79. The lowest BCUT2D eigenvalue weighted by molar-refractivity contribution is -0.139. The Morgan fingerprint density at radius 2 is 1.15 bits per heavy atom. The van der Waals surface area contributed by atoms with Crippen molar-refractivity contribution in [1.82, 2.24) is 0 Å². The molecule has 1 aromatic carbocycles. The van der Waals surface area contributed by atoms with Crippen LogP contribution in [-0.2, 0) is 9.53 Å². The summed E-state index contributed by atoms with van der Waals surface area (Å²) < 4.78 is 17.3. The van der Waals surface area contributed by atoms with Gasteiger partial charge in [0.15, 0.2) is 11.5 Å². The molecule has 0 heterocycles. The summed E-state index contributed by atoms with van der Waals surface area (Å²) in [6, 6.07) is 5.76. The van der Waals surface area contributed by atoms with Crippen LogP contribution >= 0.6 is 0 Å². The van der Waals surface area contributed by atoms with Crippen LogP contribution in [0.5, 0.6) is 11.5 Å². The summed E-state index contributed by atoms with van der Waals surface area (Å²) in [6.07, 6.45) is 28.0. The van der Waals surface area contributed by atoms with Crippen molar-refractivity contribution in [1.29, 1.82) is 0 Å². The average Bonchev–Trinajstić information content (AvgIpc) is 2.97. The number of carbonyl (C=O) groups is 1. The molecule has 1 rings (SSSR count). The Hall–Kier alpha value is -2.01. The Bertz CT molecular complexity index is 773. The molecule has 0 saturated heterocycles. The van der Waals surface area contributed by atoms with Gasteiger partial charge in [-0.3, -0.25) is 0 Å². The van der Waals surface area contributed by atoms with Crippen molar-refractivity contribution in [2.75, 3.05) is 19.8 Å². The molecule has 5 heteroatoms. The van der Waals surface area contributed by atoms with E-state index in [4.69, 9.17) is 14.2 Å². The average molecular weight is 574 g/mol. The van der Waals surface area contributed by atoms with E-state index in [1.165, 1.54) is 122 Å². The molecular weight excluding hydrogens is 512 g/mol. The van der Waals surface area contributed by atoms with E-state index in [-0.39, 0.29) is 6.61 Å². The molecule has 1 radical (unpaired) electrons. The molecule has 0 amide bonds. The monoisotopic (exact) mass is 573 g/mol.